The summed E-state index contributed by atoms with van der Waals surface area (Å²) >= 11 is 0. The van der Waals surface area contributed by atoms with Crippen LogP contribution in [-0.4, -0.2) is 46.9 Å². The lowest BCUT2D eigenvalue weighted by Crippen LogP contribution is -2.46. The summed E-state index contributed by atoms with van der Waals surface area (Å²) in [5, 5.41) is 23.8. The summed E-state index contributed by atoms with van der Waals surface area (Å²) in [5.74, 6) is -0.578. The van der Waals surface area contributed by atoms with Crippen LogP contribution in [0.2, 0.25) is 0 Å². The second-order valence-electron chi connectivity index (χ2n) is 18.3. The molecule has 0 saturated heterocycles. The van der Waals surface area contributed by atoms with Crippen molar-refractivity contribution in [1.29, 1.82) is 0 Å². The lowest BCUT2D eigenvalue weighted by atomic mass is 10.0. The molecule has 0 aromatic rings. The molecule has 0 aromatic carbocycles. The molecule has 0 spiro atoms. The van der Waals surface area contributed by atoms with Gasteiger partial charge >= 0.3 is 5.97 Å². The van der Waals surface area contributed by atoms with Crippen LogP contribution in [0.25, 0.3) is 0 Å². The van der Waals surface area contributed by atoms with Gasteiger partial charge in [-0.05, 0) is 83.5 Å². The van der Waals surface area contributed by atoms with E-state index < -0.39 is 18.2 Å². The van der Waals surface area contributed by atoms with Gasteiger partial charge in [0.05, 0.1) is 25.2 Å². The van der Waals surface area contributed by atoms with Gasteiger partial charge < -0.3 is 20.3 Å². The van der Waals surface area contributed by atoms with Crippen LogP contribution in [0.5, 0.6) is 0 Å². The molecular formula is C60H103NO5. The largest absolute Gasteiger partial charge is 0.462 e. The second kappa shape index (κ2) is 52.7. The fraction of sp³-hybridized carbons (Fsp3) is 0.700. The number of aliphatic hydroxyl groups is 2. The molecule has 6 nitrogen and oxygen atoms in total. The van der Waals surface area contributed by atoms with Crippen molar-refractivity contribution in [2.75, 3.05) is 6.61 Å². The molecule has 378 valence electrons. The van der Waals surface area contributed by atoms with Crippen molar-refractivity contribution < 1.29 is 24.5 Å². The first-order chi connectivity index (χ1) is 32.5. The number of ether oxygens (including phenoxy) is 1. The predicted octanol–water partition coefficient (Wildman–Crippen LogP) is 16.9. The third kappa shape index (κ3) is 47.3. The van der Waals surface area contributed by atoms with Crippen LogP contribution in [0.4, 0.5) is 0 Å². The smallest absolute Gasteiger partial charge is 0.306 e. The van der Waals surface area contributed by atoms with E-state index in [0.717, 1.165) is 83.5 Å². The van der Waals surface area contributed by atoms with Gasteiger partial charge in [0.15, 0.2) is 0 Å². The Morgan fingerprint density at radius 3 is 1.42 bits per heavy atom. The van der Waals surface area contributed by atoms with E-state index in [1.165, 1.54) is 116 Å². The van der Waals surface area contributed by atoms with Gasteiger partial charge in [0.2, 0.25) is 5.91 Å². The quantitative estimate of drug-likeness (QED) is 0.0245. The average Bonchev–Trinajstić information content (AvgIpc) is 3.31. The standard InChI is InChI=1S/C60H103NO5/c1-4-7-10-13-16-19-22-25-27-29-31-34-36-39-42-45-48-51-56(66-60(65)53-50-47-44-41-38-33-24-21-18-15-12-9-6-3)54-59(64)61-57(55-62)58(63)52-49-46-43-40-37-35-32-30-28-26-23-20-17-14-11-8-5-2/h9,12,15-16,18-19,21,24-25,27,31,33-34,38-39,42,56-58,62-63H,4-8,10-11,13-14,17,20,22-23,26,28-30,32,35-37,40-41,43-55H2,1-3H3,(H,61,64)/b12-9+,18-15+,19-16-,24-21-,27-25-,34-31-,38-33-,42-39-. The van der Waals surface area contributed by atoms with Gasteiger partial charge in [-0.15, -0.1) is 0 Å². The van der Waals surface area contributed by atoms with E-state index in [1.54, 1.807) is 0 Å². The Kier molecular flexibility index (Phi) is 50.2. The van der Waals surface area contributed by atoms with E-state index in [4.69, 9.17) is 4.74 Å². The molecule has 0 aliphatic heterocycles. The Morgan fingerprint density at radius 2 is 0.894 bits per heavy atom. The number of carbonyl (C=O) groups is 2. The van der Waals surface area contributed by atoms with Gasteiger partial charge in [-0.3, -0.25) is 9.59 Å². The van der Waals surface area contributed by atoms with Crippen molar-refractivity contribution in [2.24, 2.45) is 0 Å². The summed E-state index contributed by atoms with van der Waals surface area (Å²) in [6, 6.07) is -0.734. The van der Waals surface area contributed by atoms with Crippen LogP contribution >= 0.6 is 0 Å². The Bertz CT molecular complexity index is 1310. The van der Waals surface area contributed by atoms with Crippen LogP contribution in [-0.2, 0) is 14.3 Å². The Balaban J connectivity index is 4.70. The molecule has 3 unspecified atom stereocenters. The number of carbonyl (C=O) groups excluding carboxylic acids is 2. The van der Waals surface area contributed by atoms with E-state index in [1.807, 2.05) is 30.4 Å². The second-order valence-corrected chi connectivity index (χ2v) is 18.3. The van der Waals surface area contributed by atoms with Crippen LogP contribution in [0.15, 0.2) is 97.2 Å². The maximum Gasteiger partial charge on any atom is 0.306 e. The van der Waals surface area contributed by atoms with E-state index in [9.17, 15) is 19.8 Å². The molecule has 0 fully saturated rings. The predicted molar refractivity (Wildman–Crippen MR) is 287 cm³/mol. The zero-order valence-electron chi connectivity index (χ0n) is 43.0. The summed E-state index contributed by atoms with van der Waals surface area (Å²) in [6.07, 6.45) is 70.4. The summed E-state index contributed by atoms with van der Waals surface area (Å²) in [7, 11) is 0. The van der Waals surface area contributed by atoms with Crippen molar-refractivity contribution in [3.05, 3.63) is 97.2 Å². The van der Waals surface area contributed by atoms with E-state index >= 15 is 0 Å². The summed E-state index contributed by atoms with van der Waals surface area (Å²) < 4.78 is 5.89. The first-order valence-electron chi connectivity index (χ1n) is 27.5. The Labute approximate surface area is 407 Å². The third-order valence-electron chi connectivity index (χ3n) is 12.0. The number of nitrogens with one attached hydrogen (secondary N) is 1. The summed E-state index contributed by atoms with van der Waals surface area (Å²) in [5.41, 5.74) is 0. The van der Waals surface area contributed by atoms with Gasteiger partial charge in [-0.1, -0.05) is 246 Å². The topological polar surface area (TPSA) is 95.9 Å². The minimum atomic E-state index is -0.815. The zero-order chi connectivity index (χ0) is 48.1. The molecule has 3 N–H and O–H groups in total. The van der Waals surface area contributed by atoms with Crippen LogP contribution in [0, 0.1) is 0 Å². The fourth-order valence-electron chi connectivity index (χ4n) is 7.84. The molecule has 0 saturated carbocycles. The molecule has 0 heterocycles. The molecule has 0 aliphatic carbocycles. The molecule has 1 amide bonds. The molecule has 0 bridgehead atoms. The minimum absolute atomic E-state index is 0.0189. The normalized spacial score (nSPS) is 14.0. The molecular weight excluding hydrogens is 815 g/mol. The maximum atomic E-state index is 13.2. The highest BCUT2D eigenvalue weighted by Crippen LogP contribution is 2.17. The van der Waals surface area contributed by atoms with Gasteiger partial charge in [0, 0.05) is 6.42 Å². The Hall–Kier alpha value is -3.22. The zero-order valence-corrected chi connectivity index (χ0v) is 43.0. The number of aliphatic hydroxyl groups excluding tert-OH is 2. The first kappa shape index (κ1) is 62.8. The van der Waals surface area contributed by atoms with E-state index in [2.05, 4.69) is 92.9 Å². The number of esters is 1. The van der Waals surface area contributed by atoms with Crippen molar-refractivity contribution in [3.8, 4) is 0 Å². The fourth-order valence-corrected chi connectivity index (χ4v) is 7.84. The molecule has 66 heavy (non-hydrogen) atoms. The van der Waals surface area contributed by atoms with E-state index in [-0.39, 0.29) is 24.9 Å². The van der Waals surface area contributed by atoms with Crippen LogP contribution in [0.1, 0.15) is 245 Å². The molecule has 0 rings (SSSR count). The maximum absolute atomic E-state index is 13.2. The number of unbranched alkanes of at least 4 members (excludes halogenated alkanes) is 23. The number of amides is 1. The van der Waals surface area contributed by atoms with Gasteiger partial charge in [-0.25, -0.2) is 0 Å². The highest BCUT2D eigenvalue weighted by atomic mass is 16.5. The highest BCUT2D eigenvalue weighted by molar-refractivity contribution is 5.77. The first-order valence-corrected chi connectivity index (χ1v) is 27.5. The van der Waals surface area contributed by atoms with Gasteiger partial charge in [0.1, 0.15) is 6.10 Å². The van der Waals surface area contributed by atoms with Crippen molar-refractivity contribution in [1.82, 2.24) is 5.32 Å². The van der Waals surface area contributed by atoms with E-state index in [0.29, 0.717) is 19.3 Å². The summed E-state index contributed by atoms with van der Waals surface area (Å²) in [6.45, 7) is 6.30. The number of allylic oxidation sites excluding steroid dienone is 16. The summed E-state index contributed by atoms with van der Waals surface area (Å²) in [4.78, 5) is 26.2. The lowest BCUT2D eigenvalue weighted by molar-refractivity contribution is -0.151. The highest BCUT2D eigenvalue weighted by Gasteiger charge is 2.24. The average molecular weight is 918 g/mol. The van der Waals surface area contributed by atoms with Crippen molar-refractivity contribution in [2.45, 2.75) is 264 Å². The van der Waals surface area contributed by atoms with Crippen LogP contribution < -0.4 is 5.32 Å². The number of hydrogen-bond acceptors (Lipinski definition) is 5. The lowest BCUT2D eigenvalue weighted by Gasteiger charge is -2.24. The minimum Gasteiger partial charge on any atom is -0.462 e. The Morgan fingerprint density at radius 1 is 0.470 bits per heavy atom. The van der Waals surface area contributed by atoms with Gasteiger partial charge in [-0.2, -0.15) is 0 Å². The van der Waals surface area contributed by atoms with Crippen molar-refractivity contribution >= 4 is 11.9 Å². The third-order valence-corrected chi connectivity index (χ3v) is 12.0. The monoisotopic (exact) mass is 918 g/mol. The van der Waals surface area contributed by atoms with Crippen molar-refractivity contribution in [3.63, 3.8) is 0 Å². The molecule has 6 heteroatoms. The molecule has 0 aliphatic rings. The SMILES string of the molecule is CC/C=C/C=C/C=C\C=C/CCCCCC(=O)OC(CCC/C=C\C/C=C\C/C=C\C/C=C\CCCCC)CC(=O)NC(CO)C(O)CCCCCCCCCCCCCCCCCCC. The molecule has 0 radical (unpaired) electrons. The van der Waals surface area contributed by atoms with Crippen LogP contribution in [0.3, 0.4) is 0 Å². The molecule has 0 aromatic heterocycles. The number of rotatable bonds is 48. The number of hydrogen-bond donors (Lipinski definition) is 3. The molecule has 3 atom stereocenters. The van der Waals surface area contributed by atoms with Gasteiger partial charge in [0.25, 0.3) is 0 Å².